The summed E-state index contributed by atoms with van der Waals surface area (Å²) in [6, 6.07) is 14.4. The predicted molar refractivity (Wildman–Crippen MR) is 145 cm³/mol. The van der Waals surface area contributed by atoms with E-state index < -0.39 is 0 Å². The molecule has 3 N–H and O–H groups in total. The number of nitriles is 1. The maximum atomic E-state index is 9.29. The molecular formula is C28H32N6OS. The van der Waals surface area contributed by atoms with Gasteiger partial charge in [0, 0.05) is 31.4 Å². The van der Waals surface area contributed by atoms with Crippen molar-refractivity contribution in [2.24, 2.45) is 0 Å². The first-order chi connectivity index (χ1) is 17.5. The van der Waals surface area contributed by atoms with Crippen LogP contribution < -0.4 is 15.8 Å². The molecule has 0 spiro atoms. The number of nitrogens with zero attached hydrogens (tertiary/aromatic N) is 4. The molecule has 2 aromatic carbocycles. The fraction of sp³-hybridized carbons (Fsp3) is 0.393. The third-order valence-corrected chi connectivity index (χ3v) is 8.00. The summed E-state index contributed by atoms with van der Waals surface area (Å²) in [4.78, 5) is 13.2. The molecule has 0 amide bonds. The van der Waals surface area contributed by atoms with Crippen LogP contribution in [0.3, 0.4) is 0 Å². The van der Waals surface area contributed by atoms with Crippen LogP contribution in [0.25, 0.3) is 0 Å². The number of aromatic nitrogens is 2. The number of thioether (sulfide) groups is 1. The normalized spacial score (nSPS) is 16.2. The van der Waals surface area contributed by atoms with Gasteiger partial charge in [0.1, 0.15) is 5.75 Å². The van der Waals surface area contributed by atoms with Crippen molar-refractivity contribution >= 4 is 23.4 Å². The number of nitrogens with two attached hydrogens (primary N) is 1. The lowest BCUT2D eigenvalue weighted by Crippen LogP contribution is -2.39. The zero-order valence-electron chi connectivity index (χ0n) is 20.9. The van der Waals surface area contributed by atoms with Crippen LogP contribution in [-0.4, -0.2) is 39.8 Å². The van der Waals surface area contributed by atoms with E-state index >= 15 is 0 Å². The molecule has 7 nitrogen and oxygen atoms in total. The van der Waals surface area contributed by atoms with Crippen molar-refractivity contribution in [3.63, 3.8) is 0 Å². The van der Waals surface area contributed by atoms with Crippen molar-refractivity contribution in [3.8, 4) is 17.7 Å². The van der Waals surface area contributed by atoms with E-state index in [-0.39, 0.29) is 0 Å². The third kappa shape index (κ3) is 5.58. The van der Waals surface area contributed by atoms with Crippen LogP contribution in [0.5, 0.6) is 11.6 Å². The van der Waals surface area contributed by atoms with Crippen LogP contribution >= 0.6 is 11.8 Å². The largest absolute Gasteiger partial charge is 0.437 e. The highest BCUT2D eigenvalue weighted by Gasteiger charge is 2.24. The van der Waals surface area contributed by atoms with Gasteiger partial charge in [-0.1, -0.05) is 12.1 Å². The predicted octanol–water partition coefficient (Wildman–Crippen LogP) is 5.45. The molecule has 1 aromatic heterocycles. The Morgan fingerprint density at radius 2 is 1.86 bits per heavy atom. The van der Waals surface area contributed by atoms with E-state index in [0.29, 0.717) is 23.4 Å². The summed E-state index contributed by atoms with van der Waals surface area (Å²) in [6.45, 7) is 6.94. The number of aryl methyl sites for hydroxylation is 3. The lowest BCUT2D eigenvalue weighted by Gasteiger charge is -2.32. The van der Waals surface area contributed by atoms with Gasteiger partial charge < -0.3 is 15.8 Å². The Labute approximate surface area is 217 Å². The third-order valence-electron chi connectivity index (χ3n) is 6.80. The van der Waals surface area contributed by atoms with Gasteiger partial charge in [-0.2, -0.15) is 10.2 Å². The summed E-state index contributed by atoms with van der Waals surface area (Å²) < 4.78 is 6.42. The van der Waals surface area contributed by atoms with Gasteiger partial charge in [0.2, 0.25) is 11.8 Å². The van der Waals surface area contributed by atoms with Crippen LogP contribution in [0, 0.1) is 25.2 Å². The molecule has 0 unspecified atom stereocenters. The maximum absolute atomic E-state index is 9.29. The minimum Gasteiger partial charge on any atom is -0.437 e. The quantitative estimate of drug-likeness (QED) is 0.431. The van der Waals surface area contributed by atoms with E-state index in [1.54, 1.807) is 11.8 Å². The minimum atomic E-state index is 0.327. The molecule has 0 bridgehead atoms. The number of nitrogen functional groups attached to an aromatic ring is 1. The van der Waals surface area contributed by atoms with E-state index in [1.807, 2.05) is 38.1 Å². The fourth-order valence-electron chi connectivity index (χ4n) is 4.91. The zero-order valence-corrected chi connectivity index (χ0v) is 21.7. The summed E-state index contributed by atoms with van der Waals surface area (Å²) in [5, 5.41) is 12.9. The average molecular weight is 501 g/mol. The Bertz CT molecular complexity index is 1260. The number of hydrogen-bond acceptors (Lipinski definition) is 8. The van der Waals surface area contributed by atoms with E-state index in [1.165, 1.54) is 5.56 Å². The summed E-state index contributed by atoms with van der Waals surface area (Å²) in [7, 11) is 0. The summed E-state index contributed by atoms with van der Waals surface area (Å²) in [5.74, 6) is 3.07. The number of likely N-dealkylation sites (tertiary alicyclic amines) is 1. The molecule has 0 aliphatic carbocycles. The molecule has 2 aliphatic rings. The lowest BCUT2D eigenvalue weighted by molar-refractivity contribution is 0.211. The molecule has 1 saturated heterocycles. The van der Waals surface area contributed by atoms with Crippen molar-refractivity contribution in [1.82, 2.24) is 14.9 Å². The zero-order chi connectivity index (χ0) is 25.1. The molecule has 36 heavy (non-hydrogen) atoms. The fourth-order valence-corrected chi connectivity index (χ4v) is 5.93. The Morgan fingerprint density at radius 3 is 2.56 bits per heavy atom. The number of piperidine rings is 1. The molecule has 0 atom stereocenters. The maximum Gasteiger partial charge on any atom is 0.238 e. The second-order valence-corrected chi connectivity index (χ2v) is 10.8. The Balaban J connectivity index is 1.29. The minimum absolute atomic E-state index is 0.327. The Kier molecular flexibility index (Phi) is 7.30. The van der Waals surface area contributed by atoms with Crippen molar-refractivity contribution in [1.29, 1.82) is 5.26 Å². The molecular weight excluding hydrogens is 468 g/mol. The molecule has 8 heteroatoms. The SMILES string of the molecule is Cc1cc(C#N)cc(C)c1Oc1nc(NC2CCN(Cc3ccc(N)cc3)CC2)nc2c1SCCC2. The van der Waals surface area contributed by atoms with Crippen LogP contribution in [0.2, 0.25) is 0 Å². The van der Waals surface area contributed by atoms with Gasteiger partial charge in [0.05, 0.1) is 22.2 Å². The highest BCUT2D eigenvalue weighted by atomic mass is 32.2. The van der Waals surface area contributed by atoms with Crippen molar-refractivity contribution < 1.29 is 4.74 Å². The van der Waals surface area contributed by atoms with E-state index in [4.69, 9.17) is 20.4 Å². The summed E-state index contributed by atoms with van der Waals surface area (Å²) in [6.07, 6.45) is 4.11. The topological polar surface area (TPSA) is 100 Å². The van der Waals surface area contributed by atoms with Crippen LogP contribution in [0.15, 0.2) is 41.3 Å². The number of hydrogen-bond donors (Lipinski definition) is 2. The molecule has 3 aromatic rings. The van der Waals surface area contributed by atoms with Gasteiger partial charge in [-0.15, -0.1) is 11.8 Å². The van der Waals surface area contributed by atoms with Gasteiger partial charge in [-0.05, 0) is 86.2 Å². The first kappa shape index (κ1) is 24.4. The van der Waals surface area contributed by atoms with Gasteiger partial charge in [0.15, 0.2) is 0 Å². The first-order valence-corrected chi connectivity index (χ1v) is 13.5. The molecule has 0 saturated carbocycles. The summed E-state index contributed by atoms with van der Waals surface area (Å²) in [5.41, 5.74) is 11.5. The van der Waals surface area contributed by atoms with Crippen LogP contribution in [0.1, 0.15) is 47.2 Å². The second-order valence-electron chi connectivity index (χ2n) is 9.67. The smallest absolute Gasteiger partial charge is 0.238 e. The molecule has 2 aliphatic heterocycles. The standard InChI is InChI=1S/C28H32N6OS/c1-18-14-21(16-29)15-19(2)25(18)35-27-26-24(4-3-13-36-26)32-28(33-27)31-23-9-11-34(12-10-23)17-20-5-7-22(30)8-6-20/h5-8,14-15,23H,3-4,9-13,17,30H2,1-2H3,(H,31,32,33). The number of rotatable bonds is 6. The summed E-state index contributed by atoms with van der Waals surface area (Å²) >= 11 is 1.77. The Morgan fingerprint density at radius 1 is 1.14 bits per heavy atom. The average Bonchev–Trinajstić information content (AvgIpc) is 2.88. The van der Waals surface area contributed by atoms with Crippen LogP contribution in [-0.2, 0) is 13.0 Å². The number of nitrogens with one attached hydrogen (secondary N) is 1. The van der Waals surface area contributed by atoms with Crippen molar-refractivity contribution in [2.45, 2.75) is 57.0 Å². The first-order valence-electron chi connectivity index (χ1n) is 12.5. The van der Waals surface area contributed by atoms with Gasteiger partial charge in [-0.25, -0.2) is 4.98 Å². The molecule has 0 radical (unpaired) electrons. The van der Waals surface area contributed by atoms with Crippen LogP contribution in [0.4, 0.5) is 11.6 Å². The molecule has 3 heterocycles. The van der Waals surface area contributed by atoms with Gasteiger partial charge in [-0.3, -0.25) is 4.90 Å². The van der Waals surface area contributed by atoms with E-state index in [2.05, 4.69) is 28.4 Å². The van der Waals surface area contributed by atoms with E-state index in [0.717, 1.165) is 84.2 Å². The Hall–Kier alpha value is -3.28. The highest BCUT2D eigenvalue weighted by molar-refractivity contribution is 7.99. The van der Waals surface area contributed by atoms with Crippen molar-refractivity contribution in [2.75, 3.05) is 29.9 Å². The highest BCUT2D eigenvalue weighted by Crippen LogP contribution is 2.40. The van der Waals surface area contributed by atoms with Gasteiger partial charge >= 0.3 is 0 Å². The number of fused-ring (bicyclic) bond motifs is 1. The van der Waals surface area contributed by atoms with Gasteiger partial charge in [0.25, 0.3) is 0 Å². The number of ether oxygens (including phenoxy) is 1. The lowest BCUT2D eigenvalue weighted by atomic mass is 10.0. The monoisotopic (exact) mass is 500 g/mol. The number of anilines is 2. The molecule has 186 valence electrons. The molecule has 5 rings (SSSR count). The van der Waals surface area contributed by atoms with Crippen molar-refractivity contribution in [3.05, 3.63) is 64.3 Å². The van der Waals surface area contributed by atoms with E-state index in [9.17, 15) is 5.26 Å². The number of benzene rings is 2. The molecule has 1 fully saturated rings. The second kappa shape index (κ2) is 10.8.